The molecule has 4 rings (SSSR count). The molecule has 1 unspecified atom stereocenters. The summed E-state index contributed by atoms with van der Waals surface area (Å²) in [6.45, 7) is 2.18. The molecule has 0 bridgehead atoms. The van der Waals surface area contributed by atoms with E-state index in [9.17, 15) is 4.79 Å². The fourth-order valence-corrected chi connectivity index (χ4v) is 4.18. The van der Waals surface area contributed by atoms with Crippen LogP contribution in [-0.4, -0.2) is 17.9 Å². The molecule has 26 heavy (non-hydrogen) atoms. The van der Waals surface area contributed by atoms with Crippen molar-refractivity contribution in [2.45, 2.75) is 25.3 Å². The lowest BCUT2D eigenvalue weighted by atomic mass is 9.80. The Morgan fingerprint density at radius 3 is 2.15 bits per heavy atom. The molecular formula is C24H23NO. The summed E-state index contributed by atoms with van der Waals surface area (Å²) in [5, 5.41) is 0. The summed E-state index contributed by atoms with van der Waals surface area (Å²) in [6, 6.07) is 27.1. The van der Waals surface area contributed by atoms with Crippen LogP contribution in [0.1, 0.15) is 34.8 Å². The Labute approximate surface area is 155 Å². The van der Waals surface area contributed by atoms with Crippen molar-refractivity contribution in [2.24, 2.45) is 0 Å². The van der Waals surface area contributed by atoms with Crippen LogP contribution >= 0.6 is 0 Å². The van der Waals surface area contributed by atoms with Gasteiger partial charge in [0.15, 0.2) is 0 Å². The second kappa shape index (κ2) is 6.45. The van der Waals surface area contributed by atoms with E-state index in [1.165, 1.54) is 16.7 Å². The lowest BCUT2D eigenvalue weighted by Crippen LogP contribution is -2.42. The molecule has 0 radical (unpaired) electrons. The molecule has 1 atom stereocenters. The van der Waals surface area contributed by atoms with Crippen molar-refractivity contribution in [3.63, 3.8) is 0 Å². The molecule has 1 heterocycles. The van der Waals surface area contributed by atoms with Crippen molar-refractivity contribution < 1.29 is 4.79 Å². The Morgan fingerprint density at radius 2 is 1.50 bits per heavy atom. The summed E-state index contributed by atoms with van der Waals surface area (Å²) in [7, 11) is 1.94. The first-order chi connectivity index (χ1) is 12.7. The molecule has 0 saturated carbocycles. The van der Waals surface area contributed by atoms with E-state index in [1.807, 2.05) is 30.1 Å². The topological polar surface area (TPSA) is 20.3 Å². The van der Waals surface area contributed by atoms with E-state index in [0.29, 0.717) is 0 Å². The van der Waals surface area contributed by atoms with Crippen molar-refractivity contribution in [2.75, 3.05) is 7.05 Å². The average Bonchev–Trinajstić information content (AvgIpc) is 2.91. The van der Waals surface area contributed by atoms with E-state index >= 15 is 0 Å². The van der Waals surface area contributed by atoms with Gasteiger partial charge >= 0.3 is 0 Å². The Bertz CT molecular complexity index is 933. The zero-order valence-corrected chi connectivity index (χ0v) is 15.3. The highest BCUT2D eigenvalue weighted by Crippen LogP contribution is 2.44. The highest BCUT2D eigenvalue weighted by atomic mass is 16.2. The van der Waals surface area contributed by atoms with Crippen molar-refractivity contribution in [1.29, 1.82) is 0 Å². The number of hydrogen-bond acceptors (Lipinski definition) is 1. The molecule has 3 aromatic rings. The number of likely N-dealkylation sites (N-methyl/N-ethyl adjacent to an activating group) is 1. The Hall–Kier alpha value is -2.87. The molecule has 0 spiro atoms. The van der Waals surface area contributed by atoms with Gasteiger partial charge in [-0.3, -0.25) is 4.79 Å². The zero-order valence-electron chi connectivity index (χ0n) is 15.3. The minimum Gasteiger partial charge on any atom is -0.332 e. The predicted molar refractivity (Wildman–Crippen MR) is 106 cm³/mol. The van der Waals surface area contributed by atoms with Gasteiger partial charge in [-0.25, -0.2) is 0 Å². The molecular weight excluding hydrogens is 318 g/mol. The van der Waals surface area contributed by atoms with Gasteiger partial charge in [0, 0.05) is 12.6 Å². The smallest absolute Gasteiger partial charge is 0.254 e. The summed E-state index contributed by atoms with van der Waals surface area (Å²) >= 11 is 0. The normalized spacial score (nSPS) is 18.8. The first-order valence-electron chi connectivity index (χ1n) is 9.18. The molecule has 1 aliphatic rings. The van der Waals surface area contributed by atoms with E-state index < -0.39 is 0 Å². The van der Waals surface area contributed by atoms with Gasteiger partial charge < -0.3 is 4.90 Å². The minimum atomic E-state index is -0.293. The summed E-state index contributed by atoms with van der Waals surface area (Å²) in [5.41, 5.74) is 5.30. The monoisotopic (exact) mass is 341 g/mol. The maximum Gasteiger partial charge on any atom is 0.254 e. The quantitative estimate of drug-likeness (QED) is 0.631. The summed E-state index contributed by atoms with van der Waals surface area (Å²) in [5.74, 6) is 0.123. The first-order valence-corrected chi connectivity index (χ1v) is 9.18. The van der Waals surface area contributed by atoms with Crippen LogP contribution in [0.15, 0.2) is 78.9 Å². The molecule has 1 aliphatic heterocycles. The van der Waals surface area contributed by atoms with Crippen molar-refractivity contribution >= 4 is 5.91 Å². The summed E-state index contributed by atoms with van der Waals surface area (Å²) in [4.78, 5) is 14.9. The first kappa shape index (κ1) is 16.6. The molecule has 2 nitrogen and oxygen atoms in total. The van der Waals surface area contributed by atoms with E-state index in [0.717, 1.165) is 24.0 Å². The fraction of sp³-hybridized carbons (Fsp3) is 0.208. The molecule has 0 aromatic heterocycles. The van der Waals surface area contributed by atoms with Gasteiger partial charge in [-0.1, -0.05) is 73.7 Å². The number of fused-ring (bicyclic) bond motifs is 1. The van der Waals surface area contributed by atoms with Crippen LogP contribution in [0.4, 0.5) is 0 Å². The number of benzene rings is 3. The largest absolute Gasteiger partial charge is 0.332 e. The second-order valence-electron chi connectivity index (χ2n) is 7.04. The number of hydrogen-bond donors (Lipinski definition) is 0. The highest BCUT2D eigenvalue weighted by Gasteiger charge is 2.46. The SMILES string of the molecule is CCC1(Cc2ccccc2)c2cc(-c3ccccc3)ccc2C(=O)N1C. The van der Waals surface area contributed by atoms with Crippen LogP contribution < -0.4 is 0 Å². The van der Waals surface area contributed by atoms with Gasteiger partial charge in [0.1, 0.15) is 0 Å². The van der Waals surface area contributed by atoms with Gasteiger partial charge in [0.2, 0.25) is 0 Å². The van der Waals surface area contributed by atoms with E-state index in [-0.39, 0.29) is 11.4 Å². The minimum absolute atomic E-state index is 0.123. The van der Waals surface area contributed by atoms with Crippen LogP contribution in [-0.2, 0) is 12.0 Å². The average molecular weight is 341 g/mol. The van der Waals surface area contributed by atoms with Crippen LogP contribution in [0.25, 0.3) is 11.1 Å². The highest BCUT2D eigenvalue weighted by molar-refractivity contribution is 6.00. The third-order valence-corrected chi connectivity index (χ3v) is 5.73. The number of carbonyl (C=O) groups excluding carboxylic acids is 1. The molecule has 0 fully saturated rings. The lowest BCUT2D eigenvalue weighted by Gasteiger charge is -2.36. The molecule has 3 aromatic carbocycles. The van der Waals surface area contributed by atoms with Crippen LogP contribution in [0, 0.1) is 0 Å². The molecule has 0 saturated heterocycles. The van der Waals surface area contributed by atoms with Gasteiger partial charge in [-0.15, -0.1) is 0 Å². The van der Waals surface area contributed by atoms with E-state index in [1.54, 1.807) is 0 Å². The van der Waals surface area contributed by atoms with Gasteiger partial charge in [0.25, 0.3) is 5.91 Å². The molecule has 0 aliphatic carbocycles. The fourth-order valence-electron chi connectivity index (χ4n) is 4.18. The third-order valence-electron chi connectivity index (χ3n) is 5.73. The molecule has 0 N–H and O–H groups in total. The number of amides is 1. The summed E-state index contributed by atoms with van der Waals surface area (Å²) in [6.07, 6.45) is 1.72. The van der Waals surface area contributed by atoms with E-state index in [2.05, 4.69) is 67.6 Å². The molecule has 2 heteroatoms. The van der Waals surface area contributed by atoms with Gasteiger partial charge in [-0.05, 0) is 47.2 Å². The summed E-state index contributed by atoms with van der Waals surface area (Å²) < 4.78 is 0. The predicted octanol–water partition coefficient (Wildman–Crippen LogP) is 5.29. The standard InChI is InChI=1S/C24H23NO/c1-3-24(17-18-10-6-4-7-11-18)22-16-20(19-12-8-5-9-13-19)14-15-21(22)23(26)25(24)2/h4-16H,3,17H2,1-2H3. The van der Waals surface area contributed by atoms with Crippen molar-refractivity contribution in [3.8, 4) is 11.1 Å². The molecule has 130 valence electrons. The van der Waals surface area contributed by atoms with Gasteiger partial charge in [0.05, 0.1) is 5.54 Å². The maximum atomic E-state index is 12.9. The number of carbonyl (C=O) groups is 1. The third kappa shape index (κ3) is 2.53. The Morgan fingerprint density at radius 1 is 0.846 bits per heavy atom. The number of nitrogens with zero attached hydrogens (tertiary/aromatic N) is 1. The second-order valence-corrected chi connectivity index (χ2v) is 7.04. The van der Waals surface area contributed by atoms with E-state index in [4.69, 9.17) is 0 Å². The Kier molecular flexibility index (Phi) is 4.12. The number of rotatable bonds is 4. The van der Waals surface area contributed by atoms with Gasteiger partial charge in [-0.2, -0.15) is 0 Å². The van der Waals surface area contributed by atoms with Crippen molar-refractivity contribution in [3.05, 3.63) is 95.6 Å². The molecule has 1 amide bonds. The Balaban J connectivity index is 1.85. The van der Waals surface area contributed by atoms with Crippen LogP contribution in [0.5, 0.6) is 0 Å². The van der Waals surface area contributed by atoms with Crippen LogP contribution in [0.2, 0.25) is 0 Å². The van der Waals surface area contributed by atoms with Crippen LogP contribution in [0.3, 0.4) is 0 Å². The lowest BCUT2D eigenvalue weighted by molar-refractivity contribution is 0.0620. The van der Waals surface area contributed by atoms with Crippen molar-refractivity contribution in [1.82, 2.24) is 4.90 Å². The zero-order chi connectivity index (χ0) is 18.1. The maximum absolute atomic E-state index is 12.9.